The van der Waals surface area contributed by atoms with Crippen LogP contribution >= 0.6 is 0 Å². The van der Waals surface area contributed by atoms with Gasteiger partial charge in [-0.05, 0) is 54.0 Å². The fraction of sp³-hybridized carbons (Fsp3) is 0.964. The van der Waals surface area contributed by atoms with Crippen LogP contribution in [0, 0.1) is 0 Å². The molecule has 0 atom stereocenters. The van der Waals surface area contributed by atoms with Crippen LogP contribution in [0.2, 0.25) is 0 Å². The van der Waals surface area contributed by atoms with Gasteiger partial charge in [-0.25, -0.2) is 0 Å². The van der Waals surface area contributed by atoms with E-state index in [0.29, 0.717) is 12.5 Å². The quantitative estimate of drug-likeness (QED) is 0.234. The third-order valence-corrected chi connectivity index (χ3v) is 7.68. The third-order valence-electron chi connectivity index (χ3n) is 7.68. The summed E-state index contributed by atoms with van der Waals surface area (Å²) in [4.78, 5) is 14.9. The minimum Gasteiger partial charge on any atom is -0.353 e. The Balaban J connectivity index is 1.95. The standard InChI is InChI=1S/C28H56N2O/c1-7-8-9-10-11-12-13-14-15-16-17-18-19-20-21-22-26(31)29-25-23-27(2,3)30(6)28(4,5)24-25/h25H,7-24H2,1-6H3,(H,29,31). The minimum absolute atomic E-state index is 0.133. The molecule has 0 bridgehead atoms. The molecule has 1 fully saturated rings. The molecule has 0 aromatic heterocycles. The van der Waals surface area contributed by atoms with Gasteiger partial charge in [0.15, 0.2) is 0 Å². The molecule has 1 aliphatic heterocycles. The van der Waals surface area contributed by atoms with Gasteiger partial charge in [-0.3, -0.25) is 9.69 Å². The first-order valence-electron chi connectivity index (χ1n) is 13.7. The molecule has 184 valence electrons. The molecule has 1 aliphatic rings. The highest BCUT2D eigenvalue weighted by molar-refractivity contribution is 5.76. The van der Waals surface area contributed by atoms with E-state index in [-0.39, 0.29) is 17.0 Å². The topological polar surface area (TPSA) is 32.3 Å². The zero-order chi connectivity index (χ0) is 23.2. The van der Waals surface area contributed by atoms with E-state index in [9.17, 15) is 4.79 Å². The van der Waals surface area contributed by atoms with Crippen LogP contribution in [0.1, 0.15) is 150 Å². The van der Waals surface area contributed by atoms with Gasteiger partial charge in [0.1, 0.15) is 0 Å². The number of carbonyl (C=O) groups is 1. The highest BCUT2D eigenvalue weighted by Gasteiger charge is 2.43. The Hall–Kier alpha value is -0.570. The highest BCUT2D eigenvalue weighted by atomic mass is 16.1. The van der Waals surface area contributed by atoms with E-state index in [1.165, 1.54) is 89.9 Å². The van der Waals surface area contributed by atoms with E-state index >= 15 is 0 Å². The van der Waals surface area contributed by atoms with Crippen LogP contribution in [0.25, 0.3) is 0 Å². The summed E-state index contributed by atoms with van der Waals surface area (Å²) in [6, 6.07) is 0.310. The van der Waals surface area contributed by atoms with Gasteiger partial charge in [-0.15, -0.1) is 0 Å². The number of likely N-dealkylation sites (tertiary alicyclic amines) is 1. The lowest BCUT2D eigenvalue weighted by molar-refractivity contribution is -0.123. The summed E-state index contributed by atoms with van der Waals surface area (Å²) < 4.78 is 0. The first-order valence-corrected chi connectivity index (χ1v) is 13.7. The number of rotatable bonds is 17. The summed E-state index contributed by atoms with van der Waals surface area (Å²) in [6.45, 7) is 11.5. The zero-order valence-corrected chi connectivity index (χ0v) is 22.2. The van der Waals surface area contributed by atoms with E-state index in [0.717, 1.165) is 19.3 Å². The zero-order valence-electron chi connectivity index (χ0n) is 22.2. The summed E-state index contributed by atoms with van der Waals surface area (Å²) >= 11 is 0. The molecule has 0 spiro atoms. The van der Waals surface area contributed by atoms with Crippen molar-refractivity contribution in [1.82, 2.24) is 10.2 Å². The van der Waals surface area contributed by atoms with E-state index in [1.54, 1.807) is 0 Å². The summed E-state index contributed by atoms with van der Waals surface area (Å²) in [5.41, 5.74) is 0.267. The van der Waals surface area contributed by atoms with Crippen LogP contribution in [0.4, 0.5) is 0 Å². The first-order chi connectivity index (χ1) is 14.7. The van der Waals surface area contributed by atoms with E-state index < -0.39 is 0 Å². The molecule has 1 N–H and O–H groups in total. The molecule has 1 saturated heterocycles. The van der Waals surface area contributed by atoms with Gasteiger partial charge in [0.2, 0.25) is 5.91 Å². The summed E-state index contributed by atoms with van der Waals surface area (Å²) in [5, 5.41) is 3.33. The first kappa shape index (κ1) is 28.5. The smallest absolute Gasteiger partial charge is 0.220 e. The molecule has 3 nitrogen and oxygen atoms in total. The molecule has 1 rings (SSSR count). The maximum Gasteiger partial charge on any atom is 0.220 e. The normalized spacial score (nSPS) is 18.9. The van der Waals surface area contributed by atoms with Crippen molar-refractivity contribution in [2.75, 3.05) is 7.05 Å². The molecule has 3 heteroatoms. The second-order valence-corrected chi connectivity index (χ2v) is 11.6. The summed E-state index contributed by atoms with van der Waals surface area (Å²) in [7, 11) is 2.22. The maximum atomic E-state index is 12.4. The van der Waals surface area contributed by atoms with Crippen molar-refractivity contribution < 1.29 is 4.79 Å². The molecular weight excluding hydrogens is 380 g/mol. The third kappa shape index (κ3) is 12.3. The van der Waals surface area contributed by atoms with Crippen LogP contribution in [0.15, 0.2) is 0 Å². The van der Waals surface area contributed by atoms with E-state index in [1.807, 2.05) is 0 Å². The molecule has 1 heterocycles. The number of amides is 1. The second-order valence-electron chi connectivity index (χ2n) is 11.6. The van der Waals surface area contributed by atoms with Crippen molar-refractivity contribution >= 4 is 5.91 Å². The van der Waals surface area contributed by atoms with Crippen LogP contribution < -0.4 is 5.32 Å². The van der Waals surface area contributed by atoms with Crippen molar-refractivity contribution in [3.8, 4) is 0 Å². The minimum atomic E-state index is 0.133. The Bertz CT molecular complexity index is 454. The molecule has 1 amide bonds. The monoisotopic (exact) mass is 436 g/mol. The number of unbranched alkanes of at least 4 members (excludes halogenated alkanes) is 14. The van der Waals surface area contributed by atoms with Gasteiger partial charge in [-0.2, -0.15) is 0 Å². The Morgan fingerprint density at radius 1 is 0.710 bits per heavy atom. The highest BCUT2D eigenvalue weighted by Crippen LogP contribution is 2.36. The van der Waals surface area contributed by atoms with E-state index in [2.05, 4.69) is 51.9 Å². The molecule has 0 aromatic rings. The number of nitrogens with zero attached hydrogens (tertiary/aromatic N) is 1. The summed E-state index contributed by atoms with van der Waals surface area (Å²) in [5.74, 6) is 0.260. The largest absolute Gasteiger partial charge is 0.353 e. The molecule has 0 aromatic carbocycles. The maximum absolute atomic E-state index is 12.4. The average Bonchev–Trinajstić information content (AvgIpc) is 2.68. The van der Waals surface area contributed by atoms with Crippen molar-refractivity contribution in [3.63, 3.8) is 0 Å². The Morgan fingerprint density at radius 3 is 1.45 bits per heavy atom. The SMILES string of the molecule is CCCCCCCCCCCCCCCCCC(=O)NC1CC(C)(C)N(C)C(C)(C)C1. The van der Waals surface area contributed by atoms with Gasteiger partial charge in [0.05, 0.1) is 0 Å². The van der Waals surface area contributed by atoms with Crippen molar-refractivity contribution in [3.05, 3.63) is 0 Å². The molecule has 31 heavy (non-hydrogen) atoms. The lowest BCUT2D eigenvalue weighted by Gasteiger charge is -2.53. The van der Waals surface area contributed by atoms with Gasteiger partial charge in [0, 0.05) is 23.5 Å². The lowest BCUT2D eigenvalue weighted by Crippen LogP contribution is -2.62. The predicted octanol–water partition coefficient (Wildman–Crippen LogP) is 8.02. The molecule has 0 unspecified atom stereocenters. The van der Waals surface area contributed by atoms with Crippen molar-refractivity contribution in [2.24, 2.45) is 0 Å². The Labute approximate surface area is 195 Å². The van der Waals surface area contributed by atoms with E-state index in [4.69, 9.17) is 0 Å². The molecular formula is C28H56N2O. The van der Waals surface area contributed by atoms with Gasteiger partial charge < -0.3 is 5.32 Å². The Kier molecular flexibility index (Phi) is 14.0. The van der Waals surface area contributed by atoms with Crippen molar-refractivity contribution in [1.29, 1.82) is 0 Å². The Morgan fingerprint density at radius 2 is 1.06 bits per heavy atom. The molecule has 0 saturated carbocycles. The molecule has 0 aliphatic carbocycles. The average molecular weight is 437 g/mol. The number of hydrogen-bond acceptors (Lipinski definition) is 2. The predicted molar refractivity (Wildman–Crippen MR) is 137 cm³/mol. The van der Waals surface area contributed by atoms with Crippen molar-refractivity contribution in [2.45, 2.75) is 167 Å². The number of hydrogen-bond donors (Lipinski definition) is 1. The fourth-order valence-electron chi connectivity index (χ4n) is 5.43. The summed E-state index contributed by atoms with van der Waals surface area (Å²) in [6.07, 6.45) is 23.3. The molecule has 0 radical (unpaired) electrons. The fourth-order valence-corrected chi connectivity index (χ4v) is 5.43. The van der Waals surface area contributed by atoms with Crippen LogP contribution in [0.5, 0.6) is 0 Å². The number of piperidine rings is 1. The van der Waals surface area contributed by atoms with Gasteiger partial charge >= 0.3 is 0 Å². The van der Waals surface area contributed by atoms with Gasteiger partial charge in [0.25, 0.3) is 0 Å². The van der Waals surface area contributed by atoms with Crippen LogP contribution in [-0.2, 0) is 4.79 Å². The van der Waals surface area contributed by atoms with Gasteiger partial charge in [-0.1, -0.05) is 96.8 Å². The number of nitrogens with one attached hydrogen (secondary N) is 1. The van der Waals surface area contributed by atoms with Crippen LogP contribution in [-0.4, -0.2) is 35.0 Å². The second kappa shape index (κ2) is 15.3. The van der Waals surface area contributed by atoms with Crippen LogP contribution in [0.3, 0.4) is 0 Å². The number of carbonyl (C=O) groups excluding carboxylic acids is 1. The lowest BCUT2D eigenvalue weighted by atomic mass is 9.77.